The second-order valence-corrected chi connectivity index (χ2v) is 12.5. The van der Waals surface area contributed by atoms with E-state index in [0.717, 1.165) is 23.4 Å². The van der Waals surface area contributed by atoms with Gasteiger partial charge < -0.3 is 10.2 Å². The SMILES string of the molecule is CC(=O)c1nn(CC(=O)N2C[C@H](F)C[C@H]2C(=O)Nc2cccc(Br)n2)c2ccc(C3=NC4CCCCC4S3)cc12. The normalized spacial score (nSPS) is 24.2. The maximum Gasteiger partial charge on any atom is 0.248 e. The minimum Gasteiger partial charge on any atom is -0.326 e. The average Bonchev–Trinajstić information content (AvgIpc) is 3.63. The molecule has 3 aliphatic rings. The van der Waals surface area contributed by atoms with Crippen molar-refractivity contribution in [2.45, 2.75) is 69.1 Å². The molecular weight excluding hydrogens is 599 g/mol. The van der Waals surface area contributed by atoms with E-state index in [1.165, 1.54) is 29.3 Å². The van der Waals surface area contributed by atoms with Gasteiger partial charge in [0, 0.05) is 29.5 Å². The van der Waals surface area contributed by atoms with E-state index < -0.39 is 24.0 Å². The van der Waals surface area contributed by atoms with Crippen LogP contribution in [0.1, 0.15) is 55.1 Å². The van der Waals surface area contributed by atoms with Crippen molar-refractivity contribution in [1.29, 1.82) is 0 Å². The third kappa shape index (κ3) is 5.30. The molecule has 6 rings (SSSR count). The first-order valence-corrected chi connectivity index (χ1v) is 15.1. The molecule has 1 saturated heterocycles. The molecule has 4 atom stereocenters. The molecule has 1 aromatic carbocycles. The number of fused-ring (bicyclic) bond motifs is 2. The lowest BCUT2D eigenvalue weighted by molar-refractivity contribution is -0.137. The maximum atomic E-state index is 14.5. The number of ketones is 1. The summed E-state index contributed by atoms with van der Waals surface area (Å²) >= 11 is 5.06. The molecule has 2 fully saturated rings. The summed E-state index contributed by atoms with van der Waals surface area (Å²) in [4.78, 5) is 49.3. The van der Waals surface area contributed by atoms with Crippen LogP contribution in [0, 0.1) is 0 Å². The van der Waals surface area contributed by atoms with Crippen LogP contribution in [0.15, 0.2) is 46.0 Å². The molecule has 40 heavy (non-hydrogen) atoms. The summed E-state index contributed by atoms with van der Waals surface area (Å²) in [6.45, 7) is 1.03. The molecule has 208 valence electrons. The van der Waals surface area contributed by atoms with E-state index in [1.54, 1.807) is 30.0 Å². The number of rotatable bonds is 6. The number of Topliss-reactive ketones (excluding diaryl/α,β-unsaturated/α-hetero) is 1. The molecule has 1 aliphatic carbocycles. The Bertz CT molecular complexity index is 1540. The molecule has 2 amide bonds. The molecule has 2 aromatic heterocycles. The van der Waals surface area contributed by atoms with E-state index in [1.807, 2.05) is 18.2 Å². The van der Waals surface area contributed by atoms with Gasteiger partial charge in [0.2, 0.25) is 11.8 Å². The van der Waals surface area contributed by atoms with Gasteiger partial charge in [0.25, 0.3) is 0 Å². The third-order valence-corrected chi connectivity index (χ3v) is 9.53. The number of carbonyl (C=O) groups excluding carboxylic acids is 3. The van der Waals surface area contributed by atoms with Crippen molar-refractivity contribution in [3.05, 3.63) is 52.3 Å². The van der Waals surface area contributed by atoms with Crippen LogP contribution < -0.4 is 5.32 Å². The van der Waals surface area contributed by atoms with Crippen molar-refractivity contribution in [2.24, 2.45) is 4.99 Å². The molecular formula is C28H28BrFN6O3S. The van der Waals surface area contributed by atoms with Gasteiger partial charge in [0.1, 0.15) is 34.9 Å². The van der Waals surface area contributed by atoms with Crippen molar-refractivity contribution in [3.63, 3.8) is 0 Å². The van der Waals surface area contributed by atoms with Crippen LogP contribution in [0.3, 0.4) is 0 Å². The van der Waals surface area contributed by atoms with Crippen LogP contribution in [-0.2, 0) is 16.1 Å². The summed E-state index contributed by atoms with van der Waals surface area (Å²) in [6.07, 6.45) is 3.28. The van der Waals surface area contributed by atoms with Crippen LogP contribution >= 0.6 is 27.7 Å². The first kappa shape index (κ1) is 27.1. The largest absolute Gasteiger partial charge is 0.326 e. The minimum atomic E-state index is -1.33. The average molecular weight is 628 g/mol. The predicted octanol–water partition coefficient (Wildman–Crippen LogP) is 4.78. The van der Waals surface area contributed by atoms with E-state index in [0.29, 0.717) is 32.6 Å². The summed E-state index contributed by atoms with van der Waals surface area (Å²) in [5, 5.41) is 9.29. The van der Waals surface area contributed by atoms with Crippen molar-refractivity contribution >= 4 is 67.1 Å². The smallest absolute Gasteiger partial charge is 0.248 e. The standard InChI is InChI=1S/C28H28BrFN6O3S/c1-15(37)26-18-11-16(28-31-19-5-2-3-6-22(19)40-28)9-10-20(18)36(34-26)14-25(38)35-13-17(30)12-21(35)27(39)33-24-8-4-7-23(29)32-24/h4,7-11,17,19,21-22H,2-3,5-6,12-14H2,1H3,(H,32,33,39)/t17-,19?,21+,22?/m1/s1. The summed E-state index contributed by atoms with van der Waals surface area (Å²) < 4.78 is 16.5. The second-order valence-electron chi connectivity index (χ2n) is 10.5. The Hall–Kier alpha value is -3.12. The van der Waals surface area contributed by atoms with E-state index >= 15 is 0 Å². The Labute approximate surface area is 243 Å². The fraction of sp³-hybridized carbons (Fsp3) is 0.429. The van der Waals surface area contributed by atoms with Crippen molar-refractivity contribution in [1.82, 2.24) is 19.7 Å². The van der Waals surface area contributed by atoms with E-state index in [2.05, 4.69) is 31.3 Å². The number of hydrogen-bond donors (Lipinski definition) is 1. The molecule has 1 saturated carbocycles. The number of likely N-dealkylation sites (tertiary alicyclic amines) is 1. The molecule has 4 heterocycles. The number of aromatic nitrogens is 3. The van der Waals surface area contributed by atoms with Gasteiger partial charge in [-0.3, -0.25) is 24.1 Å². The van der Waals surface area contributed by atoms with E-state index in [-0.39, 0.29) is 31.0 Å². The number of hydrogen-bond acceptors (Lipinski definition) is 7. The van der Waals surface area contributed by atoms with Gasteiger partial charge in [0.15, 0.2) is 5.78 Å². The summed E-state index contributed by atoms with van der Waals surface area (Å²) in [5.41, 5.74) is 1.84. The maximum absolute atomic E-state index is 14.5. The van der Waals surface area contributed by atoms with Crippen LogP contribution in [0.2, 0.25) is 0 Å². The van der Waals surface area contributed by atoms with E-state index in [9.17, 15) is 18.8 Å². The summed E-state index contributed by atoms with van der Waals surface area (Å²) in [5.74, 6) is -0.870. The van der Waals surface area contributed by atoms with Gasteiger partial charge in [-0.1, -0.05) is 25.0 Å². The quantitative estimate of drug-likeness (QED) is 0.312. The van der Waals surface area contributed by atoms with Gasteiger partial charge >= 0.3 is 0 Å². The lowest BCUT2D eigenvalue weighted by atomic mass is 9.95. The highest BCUT2D eigenvalue weighted by atomic mass is 79.9. The zero-order valence-corrected chi connectivity index (χ0v) is 24.3. The number of benzene rings is 1. The Morgan fingerprint density at radius 3 is 2.77 bits per heavy atom. The Balaban J connectivity index is 1.24. The lowest BCUT2D eigenvalue weighted by Crippen LogP contribution is -2.44. The summed E-state index contributed by atoms with van der Waals surface area (Å²) in [7, 11) is 0. The molecule has 3 aromatic rings. The van der Waals surface area contributed by atoms with Crippen LogP contribution in [-0.4, -0.2) is 72.4 Å². The topological polar surface area (TPSA) is 110 Å². The number of nitrogens with one attached hydrogen (secondary N) is 1. The van der Waals surface area contributed by atoms with Crippen molar-refractivity contribution < 1.29 is 18.8 Å². The Morgan fingerprint density at radius 1 is 1.18 bits per heavy atom. The Morgan fingerprint density at radius 2 is 2.00 bits per heavy atom. The highest BCUT2D eigenvalue weighted by molar-refractivity contribution is 9.10. The second kappa shape index (κ2) is 11.0. The number of amides is 2. The van der Waals surface area contributed by atoms with Gasteiger partial charge in [-0.2, -0.15) is 5.10 Å². The number of carbonyl (C=O) groups is 3. The van der Waals surface area contributed by atoms with Crippen molar-refractivity contribution in [3.8, 4) is 0 Å². The monoisotopic (exact) mass is 626 g/mol. The first-order valence-electron chi connectivity index (χ1n) is 13.4. The van der Waals surface area contributed by atoms with Gasteiger partial charge in [0.05, 0.1) is 23.1 Å². The molecule has 2 aliphatic heterocycles. The number of anilines is 1. The van der Waals surface area contributed by atoms with Gasteiger partial charge in [-0.15, -0.1) is 11.8 Å². The number of thioether (sulfide) groups is 1. The fourth-order valence-electron chi connectivity index (χ4n) is 5.74. The Kier molecular flexibility index (Phi) is 7.47. The van der Waals surface area contributed by atoms with Gasteiger partial charge in [-0.05, 0) is 53.0 Å². The predicted molar refractivity (Wildman–Crippen MR) is 155 cm³/mol. The molecule has 12 heteroatoms. The van der Waals surface area contributed by atoms with E-state index in [4.69, 9.17) is 4.99 Å². The number of aliphatic imine (C=N–C) groups is 1. The molecule has 1 N–H and O–H groups in total. The molecule has 0 spiro atoms. The zero-order valence-electron chi connectivity index (χ0n) is 21.8. The minimum absolute atomic E-state index is 0.102. The highest BCUT2D eigenvalue weighted by Gasteiger charge is 2.40. The van der Waals surface area contributed by atoms with Crippen LogP contribution in [0.5, 0.6) is 0 Å². The molecule has 0 radical (unpaired) electrons. The third-order valence-electron chi connectivity index (χ3n) is 7.67. The number of nitrogens with zero attached hydrogens (tertiary/aromatic N) is 5. The number of halogens is 2. The first-order chi connectivity index (χ1) is 19.3. The van der Waals surface area contributed by atoms with Gasteiger partial charge in [-0.25, -0.2) is 9.37 Å². The van der Waals surface area contributed by atoms with Crippen molar-refractivity contribution in [2.75, 3.05) is 11.9 Å². The molecule has 0 bridgehead atoms. The molecule has 9 nitrogen and oxygen atoms in total. The number of pyridine rings is 1. The molecule has 2 unspecified atom stereocenters. The number of alkyl halides is 1. The fourth-order valence-corrected chi connectivity index (χ4v) is 7.47. The van der Waals surface area contributed by atoms with Crippen LogP contribution in [0.25, 0.3) is 10.9 Å². The van der Waals surface area contributed by atoms with Crippen LogP contribution in [0.4, 0.5) is 10.2 Å². The lowest BCUT2D eigenvalue weighted by Gasteiger charge is -2.23. The highest BCUT2D eigenvalue weighted by Crippen LogP contribution is 2.39. The zero-order chi connectivity index (χ0) is 28.0. The summed E-state index contributed by atoms with van der Waals surface area (Å²) in [6, 6.07) is 10.2.